The fourth-order valence-electron chi connectivity index (χ4n) is 1.97. The molecule has 0 aliphatic heterocycles. The molecule has 0 fully saturated rings. The maximum absolute atomic E-state index is 12.2. The van der Waals surface area contributed by atoms with Crippen molar-refractivity contribution < 1.29 is 8.42 Å². The Morgan fingerprint density at radius 3 is 2.71 bits per heavy atom. The summed E-state index contributed by atoms with van der Waals surface area (Å²) in [7, 11) is -1.75. The molecular formula is C14H16N4O2S. The van der Waals surface area contributed by atoms with E-state index in [1.807, 2.05) is 19.2 Å². The molecule has 0 amide bonds. The Kier molecular flexibility index (Phi) is 4.40. The number of nitrogens with zero attached hydrogens (tertiary/aromatic N) is 3. The minimum Gasteiger partial charge on any atom is -0.273 e. The number of hydrogen-bond acceptors (Lipinski definition) is 4. The molecule has 1 aromatic heterocycles. The summed E-state index contributed by atoms with van der Waals surface area (Å²) in [5, 5.41) is 12.9. The lowest BCUT2D eigenvalue weighted by molar-refractivity contribution is 0.579. The van der Waals surface area contributed by atoms with Gasteiger partial charge in [0, 0.05) is 31.9 Å². The van der Waals surface area contributed by atoms with Gasteiger partial charge in [-0.1, -0.05) is 0 Å². The van der Waals surface area contributed by atoms with Crippen LogP contribution in [0.15, 0.2) is 35.4 Å². The second-order valence-electron chi connectivity index (χ2n) is 4.68. The first-order valence-electron chi connectivity index (χ1n) is 6.41. The molecule has 0 saturated heterocycles. The van der Waals surface area contributed by atoms with E-state index >= 15 is 0 Å². The highest BCUT2D eigenvalue weighted by Crippen LogP contribution is 2.14. The van der Waals surface area contributed by atoms with E-state index in [9.17, 15) is 8.42 Å². The minimum absolute atomic E-state index is 0.170. The maximum atomic E-state index is 12.2. The average molecular weight is 304 g/mol. The van der Waals surface area contributed by atoms with Gasteiger partial charge >= 0.3 is 0 Å². The Balaban J connectivity index is 2.07. The predicted molar refractivity (Wildman–Crippen MR) is 78.0 cm³/mol. The molecule has 0 bridgehead atoms. The van der Waals surface area contributed by atoms with Crippen molar-refractivity contribution >= 4 is 10.0 Å². The standard InChI is InChI=1S/C14H16N4O2S/c1-11-9-14(4-3-12(11)10-15)21(19,20)17-8-6-13-5-7-16-18(13)2/h3-5,7,9,17H,6,8H2,1-2H3. The van der Waals surface area contributed by atoms with E-state index in [0.29, 0.717) is 24.1 Å². The molecule has 0 aliphatic carbocycles. The molecule has 0 spiro atoms. The van der Waals surface area contributed by atoms with Crippen LogP contribution in [0, 0.1) is 18.3 Å². The number of aryl methyl sites for hydroxylation is 2. The molecule has 21 heavy (non-hydrogen) atoms. The van der Waals surface area contributed by atoms with E-state index in [1.165, 1.54) is 18.2 Å². The Morgan fingerprint density at radius 1 is 1.38 bits per heavy atom. The van der Waals surface area contributed by atoms with Crippen molar-refractivity contribution in [2.24, 2.45) is 7.05 Å². The van der Waals surface area contributed by atoms with Crippen LogP contribution in [-0.4, -0.2) is 24.7 Å². The molecule has 1 aromatic carbocycles. The highest BCUT2D eigenvalue weighted by Gasteiger charge is 2.14. The van der Waals surface area contributed by atoms with Crippen LogP contribution in [0.1, 0.15) is 16.8 Å². The van der Waals surface area contributed by atoms with Crippen LogP contribution in [0.2, 0.25) is 0 Å². The third-order valence-electron chi connectivity index (χ3n) is 3.22. The molecule has 0 unspecified atom stereocenters. The van der Waals surface area contributed by atoms with Gasteiger partial charge in [-0.2, -0.15) is 10.4 Å². The average Bonchev–Trinajstić information content (AvgIpc) is 2.84. The fraction of sp³-hybridized carbons (Fsp3) is 0.286. The van der Waals surface area contributed by atoms with Crippen molar-refractivity contribution in [1.29, 1.82) is 5.26 Å². The molecule has 6 nitrogen and oxygen atoms in total. The van der Waals surface area contributed by atoms with Gasteiger partial charge < -0.3 is 0 Å². The van der Waals surface area contributed by atoms with Gasteiger partial charge in [-0.3, -0.25) is 4.68 Å². The number of hydrogen-bond donors (Lipinski definition) is 1. The third-order valence-corrected chi connectivity index (χ3v) is 4.68. The molecular weight excluding hydrogens is 288 g/mol. The quantitative estimate of drug-likeness (QED) is 0.896. The van der Waals surface area contributed by atoms with E-state index < -0.39 is 10.0 Å². The first-order chi connectivity index (χ1) is 9.94. The second-order valence-corrected chi connectivity index (χ2v) is 6.45. The summed E-state index contributed by atoms with van der Waals surface area (Å²) in [5.41, 5.74) is 2.07. The van der Waals surface area contributed by atoms with E-state index in [0.717, 1.165) is 5.69 Å². The Hall–Kier alpha value is -2.17. The largest absolute Gasteiger partial charge is 0.273 e. The van der Waals surface area contributed by atoms with E-state index in [2.05, 4.69) is 9.82 Å². The zero-order valence-corrected chi connectivity index (χ0v) is 12.7. The topological polar surface area (TPSA) is 87.8 Å². The molecule has 7 heteroatoms. The lowest BCUT2D eigenvalue weighted by atomic mass is 10.1. The summed E-state index contributed by atoms with van der Waals surface area (Å²) in [5.74, 6) is 0. The van der Waals surface area contributed by atoms with Crippen LogP contribution in [0.4, 0.5) is 0 Å². The summed E-state index contributed by atoms with van der Waals surface area (Å²) >= 11 is 0. The second kappa shape index (κ2) is 6.08. The van der Waals surface area contributed by atoms with Crippen molar-refractivity contribution in [2.75, 3.05) is 6.54 Å². The summed E-state index contributed by atoms with van der Waals surface area (Å²) in [6, 6.07) is 8.33. The van der Waals surface area contributed by atoms with Crippen LogP contribution >= 0.6 is 0 Å². The zero-order chi connectivity index (χ0) is 15.5. The molecule has 2 rings (SSSR count). The highest BCUT2D eigenvalue weighted by molar-refractivity contribution is 7.89. The smallest absolute Gasteiger partial charge is 0.240 e. The molecule has 0 radical (unpaired) electrons. The number of rotatable bonds is 5. The number of nitrogens with one attached hydrogen (secondary N) is 1. The van der Waals surface area contributed by atoms with Crippen LogP contribution in [0.5, 0.6) is 0 Å². The van der Waals surface area contributed by atoms with Crippen LogP contribution in [0.25, 0.3) is 0 Å². The van der Waals surface area contributed by atoms with Crippen LogP contribution in [-0.2, 0) is 23.5 Å². The number of aromatic nitrogens is 2. The summed E-state index contributed by atoms with van der Waals surface area (Å²) in [6.07, 6.45) is 2.23. The highest BCUT2D eigenvalue weighted by atomic mass is 32.2. The fourth-order valence-corrected chi connectivity index (χ4v) is 3.09. The molecule has 1 N–H and O–H groups in total. The van der Waals surface area contributed by atoms with Gasteiger partial charge in [-0.15, -0.1) is 0 Å². The van der Waals surface area contributed by atoms with Gasteiger partial charge in [0.2, 0.25) is 10.0 Å². The Morgan fingerprint density at radius 2 is 2.14 bits per heavy atom. The Labute approximate surface area is 124 Å². The van der Waals surface area contributed by atoms with Gasteiger partial charge in [-0.25, -0.2) is 13.1 Å². The number of nitriles is 1. The SMILES string of the molecule is Cc1cc(S(=O)(=O)NCCc2ccnn2C)ccc1C#N. The zero-order valence-electron chi connectivity index (χ0n) is 11.9. The molecule has 2 aromatic rings. The van der Waals surface area contributed by atoms with E-state index in [-0.39, 0.29) is 4.90 Å². The van der Waals surface area contributed by atoms with Gasteiger partial charge in [-0.05, 0) is 36.8 Å². The molecule has 1 heterocycles. The number of benzene rings is 1. The lowest BCUT2D eigenvalue weighted by Gasteiger charge is -2.08. The van der Waals surface area contributed by atoms with Crippen molar-refractivity contribution in [3.8, 4) is 6.07 Å². The molecule has 0 atom stereocenters. The van der Waals surface area contributed by atoms with Crippen molar-refractivity contribution in [3.05, 3.63) is 47.3 Å². The van der Waals surface area contributed by atoms with Gasteiger partial charge in [0.05, 0.1) is 16.5 Å². The normalized spacial score (nSPS) is 11.3. The third kappa shape index (κ3) is 3.48. The van der Waals surface area contributed by atoms with Gasteiger partial charge in [0.15, 0.2) is 0 Å². The van der Waals surface area contributed by atoms with E-state index in [1.54, 1.807) is 17.8 Å². The van der Waals surface area contributed by atoms with Crippen molar-refractivity contribution in [3.63, 3.8) is 0 Å². The summed E-state index contributed by atoms with van der Waals surface area (Å²) in [4.78, 5) is 0.170. The molecule has 0 aliphatic rings. The van der Waals surface area contributed by atoms with Gasteiger partial charge in [0.25, 0.3) is 0 Å². The van der Waals surface area contributed by atoms with Crippen LogP contribution < -0.4 is 4.72 Å². The van der Waals surface area contributed by atoms with E-state index in [4.69, 9.17) is 5.26 Å². The summed E-state index contributed by atoms with van der Waals surface area (Å²) in [6.45, 7) is 2.01. The predicted octanol–water partition coefficient (Wildman–Crippen LogP) is 1.12. The van der Waals surface area contributed by atoms with Crippen molar-refractivity contribution in [2.45, 2.75) is 18.2 Å². The minimum atomic E-state index is -3.56. The van der Waals surface area contributed by atoms with Crippen molar-refractivity contribution in [1.82, 2.24) is 14.5 Å². The maximum Gasteiger partial charge on any atom is 0.240 e. The van der Waals surface area contributed by atoms with Gasteiger partial charge in [0.1, 0.15) is 0 Å². The molecule has 110 valence electrons. The summed E-state index contributed by atoms with van der Waals surface area (Å²) < 4.78 is 28.6. The number of sulfonamides is 1. The molecule has 0 saturated carbocycles. The lowest BCUT2D eigenvalue weighted by Crippen LogP contribution is -2.26. The first kappa shape index (κ1) is 15.2. The first-order valence-corrected chi connectivity index (χ1v) is 7.89. The monoisotopic (exact) mass is 304 g/mol. The Bertz CT molecular complexity index is 788. The van der Waals surface area contributed by atoms with Crippen LogP contribution in [0.3, 0.4) is 0 Å².